The summed E-state index contributed by atoms with van der Waals surface area (Å²) in [4.78, 5) is 23.7. The van der Waals surface area contributed by atoms with Gasteiger partial charge in [-0.3, -0.25) is 9.89 Å². The Bertz CT molecular complexity index is 697. The van der Waals surface area contributed by atoms with Crippen LogP contribution < -0.4 is 0 Å². The molecule has 0 bridgehead atoms. The largest absolute Gasteiger partial charge is 0.449 e. The van der Waals surface area contributed by atoms with Crippen molar-refractivity contribution in [2.45, 2.75) is 20.0 Å². The number of aryl methyl sites for hydroxylation is 1. The highest BCUT2D eigenvalue weighted by molar-refractivity contribution is 6.01. The summed E-state index contributed by atoms with van der Waals surface area (Å²) in [5.41, 5.74) is 0.340. The Morgan fingerprint density at radius 2 is 2.00 bits per heavy atom. The summed E-state index contributed by atoms with van der Waals surface area (Å²) in [6.45, 7) is 3.01. The Morgan fingerprint density at radius 3 is 2.57 bits per heavy atom. The number of nitrogens with one attached hydrogen (secondary N) is 1. The topological polar surface area (TPSA) is 72.1 Å². The number of hydrogen-bond acceptors (Lipinski definition) is 4. The Morgan fingerprint density at radius 1 is 1.29 bits per heavy atom. The predicted octanol–water partition coefficient (Wildman–Crippen LogP) is 2.42. The van der Waals surface area contributed by atoms with Gasteiger partial charge in [0.1, 0.15) is 11.6 Å². The van der Waals surface area contributed by atoms with Gasteiger partial charge >= 0.3 is 5.97 Å². The van der Waals surface area contributed by atoms with Crippen LogP contribution >= 0.6 is 0 Å². The van der Waals surface area contributed by atoms with Gasteiger partial charge in [-0.05, 0) is 32.0 Å². The zero-order valence-electron chi connectivity index (χ0n) is 11.3. The molecular weight excluding hydrogens is 282 g/mol. The molecule has 1 N–H and O–H groups in total. The van der Waals surface area contributed by atoms with E-state index >= 15 is 0 Å². The van der Waals surface area contributed by atoms with Gasteiger partial charge in [0.15, 0.2) is 11.8 Å². The van der Waals surface area contributed by atoms with Gasteiger partial charge < -0.3 is 4.74 Å². The summed E-state index contributed by atoms with van der Waals surface area (Å²) >= 11 is 0. The van der Waals surface area contributed by atoms with E-state index in [4.69, 9.17) is 4.74 Å². The van der Waals surface area contributed by atoms with Gasteiger partial charge in [-0.1, -0.05) is 0 Å². The van der Waals surface area contributed by atoms with Gasteiger partial charge in [0, 0.05) is 11.8 Å². The molecule has 2 rings (SSSR count). The number of hydrogen-bond donors (Lipinski definition) is 1. The third-order valence-corrected chi connectivity index (χ3v) is 2.76. The van der Waals surface area contributed by atoms with E-state index in [0.717, 1.165) is 12.1 Å². The monoisotopic (exact) mass is 294 g/mol. The van der Waals surface area contributed by atoms with Crippen molar-refractivity contribution in [3.8, 4) is 0 Å². The highest BCUT2D eigenvalue weighted by Crippen LogP contribution is 2.14. The molecule has 5 nitrogen and oxygen atoms in total. The number of aromatic amines is 1. The quantitative estimate of drug-likeness (QED) is 0.694. The zero-order valence-corrected chi connectivity index (χ0v) is 11.3. The fraction of sp³-hybridized carbons (Fsp3) is 0.214. The average molecular weight is 294 g/mol. The second-order valence-corrected chi connectivity index (χ2v) is 4.47. The molecule has 1 atom stereocenters. The van der Waals surface area contributed by atoms with Crippen LogP contribution in [0.2, 0.25) is 0 Å². The van der Waals surface area contributed by atoms with Crippen molar-refractivity contribution in [3.63, 3.8) is 0 Å². The minimum atomic E-state index is -1.21. The molecule has 0 radical (unpaired) electrons. The van der Waals surface area contributed by atoms with Crippen LogP contribution in [-0.4, -0.2) is 28.1 Å². The maximum Gasteiger partial charge on any atom is 0.359 e. The smallest absolute Gasteiger partial charge is 0.359 e. The molecule has 0 amide bonds. The molecule has 0 saturated heterocycles. The Hall–Kier alpha value is -2.57. The fourth-order valence-electron chi connectivity index (χ4n) is 1.71. The lowest BCUT2D eigenvalue weighted by molar-refractivity contribution is 0.0311. The predicted molar refractivity (Wildman–Crippen MR) is 68.9 cm³/mol. The SMILES string of the molecule is Cc1cc(C(=O)OC(C)C(=O)c2ccc(F)cc2F)n[nH]1. The highest BCUT2D eigenvalue weighted by atomic mass is 19.1. The first-order chi connectivity index (χ1) is 9.88. The number of nitrogens with zero attached hydrogens (tertiary/aromatic N) is 1. The van der Waals surface area contributed by atoms with E-state index in [2.05, 4.69) is 10.2 Å². The number of esters is 1. The molecule has 7 heteroatoms. The minimum absolute atomic E-state index is 0.0201. The number of ether oxygens (including phenoxy) is 1. The second kappa shape index (κ2) is 5.82. The van der Waals surface area contributed by atoms with Crippen molar-refractivity contribution in [3.05, 3.63) is 52.9 Å². The Labute approximate surface area is 118 Å². The number of ketones is 1. The van der Waals surface area contributed by atoms with E-state index in [9.17, 15) is 18.4 Å². The standard InChI is InChI=1S/C14H12F2N2O3/c1-7-5-12(18-17-7)14(20)21-8(2)13(19)10-4-3-9(15)6-11(10)16/h3-6,8H,1-2H3,(H,17,18). The van der Waals surface area contributed by atoms with Crippen molar-refractivity contribution in [1.82, 2.24) is 10.2 Å². The van der Waals surface area contributed by atoms with Crippen molar-refractivity contribution >= 4 is 11.8 Å². The third kappa shape index (κ3) is 3.31. The number of carbonyl (C=O) groups is 2. The van der Waals surface area contributed by atoms with Crippen LogP contribution in [0.1, 0.15) is 33.5 Å². The fourth-order valence-corrected chi connectivity index (χ4v) is 1.71. The molecule has 0 saturated carbocycles. The number of H-pyrrole nitrogens is 1. The summed E-state index contributed by atoms with van der Waals surface area (Å²) in [5, 5.41) is 6.26. The summed E-state index contributed by atoms with van der Waals surface area (Å²) in [6.07, 6.45) is -1.21. The summed E-state index contributed by atoms with van der Waals surface area (Å²) < 4.78 is 31.2. The van der Waals surface area contributed by atoms with Crippen LogP contribution in [0.25, 0.3) is 0 Å². The van der Waals surface area contributed by atoms with Crippen LogP contribution in [0.4, 0.5) is 8.78 Å². The second-order valence-electron chi connectivity index (χ2n) is 4.47. The Kier molecular flexibility index (Phi) is 4.11. The van der Waals surface area contributed by atoms with Crippen molar-refractivity contribution < 1.29 is 23.1 Å². The summed E-state index contributed by atoms with van der Waals surface area (Å²) in [7, 11) is 0. The third-order valence-electron chi connectivity index (χ3n) is 2.76. The lowest BCUT2D eigenvalue weighted by Gasteiger charge is -2.11. The lowest BCUT2D eigenvalue weighted by atomic mass is 10.1. The van der Waals surface area contributed by atoms with Gasteiger partial charge in [0.05, 0.1) is 5.56 Å². The molecule has 0 aliphatic heterocycles. The van der Waals surface area contributed by atoms with Crippen molar-refractivity contribution in [2.75, 3.05) is 0 Å². The lowest BCUT2D eigenvalue weighted by Crippen LogP contribution is -2.25. The van der Waals surface area contributed by atoms with Gasteiger partial charge in [-0.2, -0.15) is 5.10 Å². The molecule has 2 aromatic rings. The number of halogens is 2. The van der Waals surface area contributed by atoms with Crippen molar-refractivity contribution in [1.29, 1.82) is 0 Å². The normalized spacial score (nSPS) is 12.0. The number of carbonyl (C=O) groups excluding carboxylic acids is 2. The molecule has 0 spiro atoms. The average Bonchev–Trinajstić information content (AvgIpc) is 2.84. The molecule has 0 aliphatic rings. The molecular formula is C14H12F2N2O3. The molecule has 1 aromatic carbocycles. The molecule has 110 valence electrons. The van der Waals surface area contributed by atoms with Crippen LogP contribution in [0.5, 0.6) is 0 Å². The number of benzene rings is 1. The maximum absolute atomic E-state index is 13.5. The van der Waals surface area contributed by atoms with Gasteiger partial charge in [-0.15, -0.1) is 0 Å². The highest BCUT2D eigenvalue weighted by Gasteiger charge is 2.24. The maximum atomic E-state index is 13.5. The molecule has 1 unspecified atom stereocenters. The van der Waals surface area contributed by atoms with E-state index in [1.165, 1.54) is 13.0 Å². The Balaban J connectivity index is 2.11. The summed E-state index contributed by atoms with van der Waals surface area (Å²) in [6, 6.07) is 4.02. The first kappa shape index (κ1) is 14.8. The minimum Gasteiger partial charge on any atom is -0.449 e. The van der Waals surface area contributed by atoms with Crippen LogP contribution in [0.3, 0.4) is 0 Å². The molecule has 1 aromatic heterocycles. The molecule has 0 fully saturated rings. The molecule has 1 heterocycles. The number of aromatic nitrogens is 2. The van der Waals surface area contributed by atoms with Crippen LogP contribution in [-0.2, 0) is 4.74 Å². The van der Waals surface area contributed by atoms with E-state index in [1.54, 1.807) is 6.92 Å². The van der Waals surface area contributed by atoms with E-state index in [-0.39, 0.29) is 11.3 Å². The first-order valence-corrected chi connectivity index (χ1v) is 6.10. The summed E-state index contributed by atoms with van der Waals surface area (Å²) in [5.74, 6) is -3.35. The van der Waals surface area contributed by atoms with Crippen LogP contribution in [0.15, 0.2) is 24.3 Å². The first-order valence-electron chi connectivity index (χ1n) is 6.10. The molecule has 21 heavy (non-hydrogen) atoms. The van der Waals surface area contributed by atoms with Crippen molar-refractivity contribution in [2.24, 2.45) is 0 Å². The zero-order chi connectivity index (χ0) is 15.6. The van der Waals surface area contributed by atoms with E-state index in [1.807, 2.05) is 0 Å². The van der Waals surface area contributed by atoms with Crippen LogP contribution in [0, 0.1) is 18.6 Å². The molecule has 0 aliphatic carbocycles. The van der Waals surface area contributed by atoms with E-state index < -0.39 is 29.5 Å². The van der Waals surface area contributed by atoms with E-state index in [0.29, 0.717) is 11.8 Å². The van der Waals surface area contributed by atoms with Gasteiger partial charge in [0.25, 0.3) is 0 Å². The van der Waals surface area contributed by atoms with Gasteiger partial charge in [0.2, 0.25) is 5.78 Å². The number of rotatable bonds is 4. The number of Topliss-reactive ketones (excluding diaryl/α,β-unsaturated/α-hetero) is 1. The van der Waals surface area contributed by atoms with Gasteiger partial charge in [-0.25, -0.2) is 13.6 Å².